The van der Waals surface area contributed by atoms with Crippen molar-refractivity contribution in [1.82, 2.24) is 5.32 Å². The molecule has 0 amide bonds. The molecule has 2 rings (SSSR count). The molecule has 0 spiro atoms. The van der Waals surface area contributed by atoms with Crippen LogP contribution >= 0.6 is 11.6 Å². The number of nitrogens with one attached hydrogen (secondary N) is 1. The number of halogens is 1. The molecule has 0 bridgehead atoms. The lowest BCUT2D eigenvalue weighted by Crippen LogP contribution is -2.24. The van der Waals surface area contributed by atoms with Crippen molar-refractivity contribution in [2.75, 3.05) is 7.11 Å². The molecular formula is C19H24ClNO2. The van der Waals surface area contributed by atoms with Gasteiger partial charge < -0.3 is 14.8 Å². The minimum Gasteiger partial charge on any atom is -0.493 e. The summed E-state index contributed by atoms with van der Waals surface area (Å²) in [4.78, 5) is 0. The summed E-state index contributed by atoms with van der Waals surface area (Å²) >= 11 is 6.15. The molecule has 4 heteroatoms. The summed E-state index contributed by atoms with van der Waals surface area (Å²) in [6.45, 7) is 5.58. The monoisotopic (exact) mass is 333 g/mol. The van der Waals surface area contributed by atoms with E-state index in [1.54, 1.807) is 7.11 Å². The Hall–Kier alpha value is -1.71. The summed E-state index contributed by atoms with van der Waals surface area (Å²) in [5.41, 5.74) is 2.13. The third kappa shape index (κ3) is 5.15. The quantitative estimate of drug-likeness (QED) is 0.751. The maximum absolute atomic E-state index is 6.15. The van der Waals surface area contributed by atoms with Crippen molar-refractivity contribution in [3.8, 4) is 11.5 Å². The first-order valence-electron chi connectivity index (χ1n) is 7.90. The summed E-state index contributed by atoms with van der Waals surface area (Å²) in [5, 5.41) is 4.18. The Morgan fingerprint density at radius 2 is 1.91 bits per heavy atom. The Balaban J connectivity index is 2.03. The average molecular weight is 334 g/mol. The van der Waals surface area contributed by atoms with Gasteiger partial charge in [-0.25, -0.2) is 0 Å². The van der Waals surface area contributed by atoms with Gasteiger partial charge in [0.1, 0.15) is 6.61 Å². The van der Waals surface area contributed by atoms with Crippen LogP contribution in [0.3, 0.4) is 0 Å². The lowest BCUT2D eigenvalue weighted by atomic mass is 10.1. The van der Waals surface area contributed by atoms with E-state index in [0.29, 0.717) is 17.7 Å². The molecule has 0 aliphatic rings. The van der Waals surface area contributed by atoms with Crippen LogP contribution in [-0.4, -0.2) is 13.2 Å². The SMILES string of the molecule is CC[C@H](C)NCc1ccc(OCc2ccccc2Cl)c(OC)c1. The number of benzene rings is 2. The molecule has 2 aromatic rings. The van der Waals surface area contributed by atoms with Gasteiger partial charge in [0.2, 0.25) is 0 Å². The molecule has 0 fully saturated rings. The Labute approximate surface area is 143 Å². The summed E-state index contributed by atoms with van der Waals surface area (Å²) < 4.78 is 11.3. The van der Waals surface area contributed by atoms with Crippen LogP contribution < -0.4 is 14.8 Å². The smallest absolute Gasteiger partial charge is 0.161 e. The van der Waals surface area contributed by atoms with Crippen LogP contribution in [0.2, 0.25) is 5.02 Å². The highest BCUT2D eigenvalue weighted by Crippen LogP contribution is 2.29. The van der Waals surface area contributed by atoms with E-state index in [0.717, 1.165) is 30.0 Å². The highest BCUT2D eigenvalue weighted by molar-refractivity contribution is 6.31. The predicted octanol–water partition coefficient (Wildman–Crippen LogP) is 4.82. The number of methoxy groups -OCH3 is 1. The molecule has 0 unspecified atom stereocenters. The van der Waals surface area contributed by atoms with E-state index in [9.17, 15) is 0 Å². The molecule has 3 nitrogen and oxygen atoms in total. The summed E-state index contributed by atoms with van der Waals surface area (Å²) in [5.74, 6) is 1.46. The first kappa shape index (κ1) is 17.6. The largest absolute Gasteiger partial charge is 0.493 e. The molecule has 0 saturated heterocycles. The van der Waals surface area contributed by atoms with Crippen molar-refractivity contribution in [2.24, 2.45) is 0 Å². The van der Waals surface area contributed by atoms with Crippen molar-refractivity contribution in [3.63, 3.8) is 0 Å². The van der Waals surface area contributed by atoms with Gasteiger partial charge in [-0.15, -0.1) is 0 Å². The fourth-order valence-electron chi connectivity index (χ4n) is 2.15. The number of ether oxygens (including phenoxy) is 2. The zero-order chi connectivity index (χ0) is 16.7. The van der Waals surface area contributed by atoms with Gasteiger partial charge in [-0.1, -0.05) is 42.8 Å². The van der Waals surface area contributed by atoms with Crippen LogP contribution in [0.15, 0.2) is 42.5 Å². The van der Waals surface area contributed by atoms with E-state index in [1.165, 1.54) is 5.56 Å². The molecule has 0 saturated carbocycles. The predicted molar refractivity (Wildman–Crippen MR) is 95.4 cm³/mol. The van der Waals surface area contributed by atoms with E-state index >= 15 is 0 Å². The molecule has 2 aromatic carbocycles. The van der Waals surface area contributed by atoms with Crippen LogP contribution in [0.4, 0.5) is 0 Å². The van der Waals surface area contributed by atoms with Gasteiger partial charge in [-0.2, -0.15) is 0 Å². The summed E-state index contributed by atoms with van der Waals surface area (Å²) in [6, 6.07) is 14.2. The lowest BCUT2D eigenvalue weighted by Gasteiger charge is -2.15. The second kappa shape index (κ2) is 8.80. The van der Waals surface area contributed by atoms with Crippen LogP contribution in [0.25, 0.3) is 0 Å². The number of rotatable bonds is 8. The van der Waals surface area contributed by atoms with Gasteiger partial charge in [0, 0.05) is 23.2 Å². The van der Waals surface area contributed by atoms with Crippen LogP contribution in [-0.2, 0) is 13.2 Å². The van der Waals surface area contributed by atoms with Gasteiger partial charge in [0.25, 0.3) is 0 Å². The molecule has 0 aromatic heterocycles. The van der Waals surface area contributed by atoms with Crippen molar-refractivity contribution in [2.45, 2.75) is 39.5 Å². The molecule has 0 heterocycles. The summed E-state index contributed by atoms with van der Waals surface area (Å²) in [7, 11) is 1.66. The highest BCUT2D eigenvalue weighted by Gasteiger charge is 2.08. The minimum absolute atomic E-state index is 0.417. The molecular weight excluding hydrogens is 310 g/mol. The van der Waals surface area contributed by atoms with E-state index in [4.69, 9.17) is 21.1 Å². The number of hydrogen-bond acceptors (Lipinski definition) is 3. The summed E-state index contributed by atoms with van der Waals surface area (Å²) in [6.07, 6.45) is 1.11. The zero-order valence-electron chi connectivity index (χ0n) is 13.9. The standard InChI is InChI=1S/C19H24ClNO2/c1-4-14(2)21-12-15-9-10-18(19(11-15)22-3)23-13-16-7-5-6-8-17(16)20/h5-11,14,21H,4,12-13H2,1-3H3/t14-/m0/s1. The first-order chi connectivity index (χ1) is 11.1. The van der Waals surface area contributed by atoms with Gasteiger partial charge >= 0.3 is 0 Å². The van der Waals surface area contributed by atoms with Gasteiger partial charge in [-0.05, 0) is 37.1 Å². The molecule has 1 atom stereocenters. The first-order valence-corrected chi connectivity index (χ1v) is 8.28. The third-order valence-corrected chi connectivity index (χ3v) is 4.20. The Bertz CT molecular complexity index is 631. The van der Waals surface area contributed by atoms with Gasteiger partial charge in [0.15, 0.2) is 11.5 Å². The normalized spacial score (nSPS) is 12.0. The highest BCUT2D eigenvalue weighted by atomic mass is 35.5. The van der Waals surface area contributed by atoms with Gasteiger partial charge in [-0.3, -0.25) is 0 Å². The van der Waals surface area contributed by atoms with Crippen LogP contribution in [0, 0.1) is 0 Å². The molecule has 0 aliphatic heterocycles. The zero-order valence-corrected chi connectivity index (χ0v) is 14.7. The second-order valence-corrected chi connectivity index (χ2v) is 5.96. The maximum atomic E-state index is 6.15. The number of hydrogen-bond donors (Lipinski definition) is 1. The van der Waals surface area contributed by atoms with Crippen molar-refractivity contribution >= 4 is 11.6 Å². The van der Waals surface area contributed by atoms with E-state index in [2.05, 4.69) is 25.2 Å². The van der Waals surface area contributed by atoms with Crippen molar-refractivity contribution in [3.05, 3.63) is 58.6 Å². The average Bonchev–Trinajstić information content (AvgIpc) is 2.59. The molecule has 124 valence electrons. The topological polar surface area (TPSA) is 30.5 Å². The second-order valence-electron chi connectivity index (χ2n) is 5.56. The molecule has 23 heavy (non-hydrogen) atoms. The maximum Gasteiger partial charge on any atom is 0.161 e. The Morgan fingerprint density at radius 1 is 1.13 bits per heavy atom. The third-order valence-electron chi connectivity index (χ3n) is 3.84. The van der Waals surface area contributed by atoms with Gasteiger partial charge in [0.05, 0.1) is 7.11 Å². The molecule has 1 N–H and O–H groups in total. The Kier molecular flexibility index (Phi) is 6.75. The minimum atomic E-state index is 0.417. The lowest BCUT2D eigenvalue weighted by molar-refractivity contribution is 0.284. The molecule has 0 aliphatic carbocycles. The fourth-order valence-corrected chi connectivity index (χ4v) is 2.34. The fraction of sp³-hybridized carbons (Fsp3) is 0.368. The molecule has 0 radical (unpaired) electrons. The van der Waals surface area contributed by atoms with E-state index in [1.807, 2.05) is 36.4 Å². The van der Waals surface area contributed by atoms with Crippen molar-refractivity contribution in [1.29, 1.82) is 0 Å². The van der Waals surface area contributed by atoms with Crippen LogP contribution in [0.1, 0.15) is 31.4 Å². The van der Waals surface area contributed by atoms with Crippen LogP contribution in [0.5, 0.6) is 11.5 Å². The van der Waals surface area contributed by atoms with Crippen molar-refractivity contribution < 1.29 is 9.47 Å². The van der Waals surface area contributed by atoms with E-state index < -0.39 is 0 Å². The van der Waals surface area contributed by atoms with E-state index in [-0.39, 0.29) is 0 Å². The Morgan fingerprint density at radius 3 is 2.61 bits per heavy atom.